The van der Waals surface area contributed by atoms with Gasteiger partial charge in [0, 0.05) is 0 Å². The van der Waals surface area contributed by atoms with Gasteiger partial charge in [-0.1, -0.05) is 66.2 Å². The first-order chi connectivity index (χ1) is 10.3. The summed E-state index contributed by atoms with van der Waals surface area (Å²) in [5.41, 5.74) is 8.79. The van der Waals surface area contributed by atoms with Gasteiger partial charge in [-0.3, -0.25) is 12.2 Å². The van der Waals surface area contributed by atoms with Crippen molar-refractivity contribution < 1.29 is 26.2 Å². The monoisotopic (exact) mass is 473 g/mol. The minimum atomic E-state index is 0. The zero-order valence-electron chi connectivity index (χ0n) is 18.3. The van der Waals surface area contributed by atoms with Gasteiger partial charge in [-0.25, -0.2) is 30.7 Å². The molecule has 147 valence electrons. The van der Waals surface area contributed by atoms with Crippen molar-refractivity contribution in [2.24, 2.45) is 10.8 Å². The third kappa shape index (κ3) is 8.81. The maximum absolute atomic E-state index is 3.44. The average molecular weight is 476 g/mol. The minimum absolute atomic E-state index is 0. The van der Waals surface area contributed by atoms with Crippen molar-refractivity contribution >= 4 is 24.8 Å². The molecule has 0 N–H and O–H groups in total. The Bertz CT molecular complexity index is 535. The molecule has 0 aromatic heterocycles. The molecule has 0 saturated heterocycles. The summed E-state index contributed by atoms with van der Waals surface area (Å²) in [5, 5.41) is 0. The molecular weight excluding hydrogens is 438 g/mol. The van der Waals surface area contributed by atoms with E-state index in [0.29, 0.717) is 0 Å². The molecule has 0 nitrogen and oxygen atoms in total. The topological polar surface area (TPSA) is 0 Å². The zero-order valence-corrected chi connectivity index (χ0v) is 22.4. The van der Waals surface area contributed by atoms with Crippen molar-refractivity contribution in [2.45, 2.75) is 69.2 Å². The van der Waals surface area contributed by atoms with Gasteiger partial charge in [0.15, 0.2) is 0 Å². The second kappa shape index (κ2) is 13.3. The SMILES string of the molecule is C=C[CH2-].CC1=[C-]C(C)(C)C(C)=C1C.CC1=[C-]C(C)(C)C(C)=C1C.Cl.Cl.[Zr+3]. The van der Waals surface area contributed by atoms with Crippen molar-refractivity contribution in [1.29, 1.82) is 0 Å². The van der Waals surface area contributed by atoms with Crippen LogP contribution in [0.2, 0.25) is 0 Å². The summed E-state index contributed by atoms with van der Waals surface area (Å²) in [6.45, 7) is 28.3. The third-order valence-corrected chi connectivity index (χ3v) is 5.12. The first-order valence-electron chi connectivity index (χ1n) is 8.32. The molecule has 0 bridgehead atoms. The Hall–Kier alpha value is 0.0331. The molecule has 0 heterocycles. The molecule has 0 aromatic carbocycles. The van der Waals surface area contributed by atoms with Crippen molar-refractivity contribution in [3.05, 3.63) is 65.2 Å². The summed E-state index contributed by atoms with van der Waals surface area (Å²) in [5.74, 6) is 0. The van der Waals surface area contributed by atoms with Crippen LogP contribution in [-0.2, 0) is 26.2 Å². The first kappa shape index (κ1) is 33.6. The van der Waals surface area contributed by atoms with Gasteiger partial charge in [-0.2, -0.15) is 22.3 Å². The Morgan fingerprint density at radius 1 is 0.731 bits per heavy atom. The van der Waals surface area contributed by atoms with Crippen molar-refractivity contribution in [2.75, 3.05) is 0 Å². The predicted octanol–water partition coefficient (Wildman–Crippen LogP) is 8.07. The smallest absolute Gasteiger partial charge is 0.263 e. The molecule has 3 heteroatoms. The van der Waals surface area contributed by atoms with E-state index in [1.54, 1.807) is 0 Å². The van der Waals surface area contributed by atoms with Crippen LogP contribution in [0.5, 0.6) is 0 Å². The normalized spacial score (nSPS) is 18.5. The summed E-state index contributed by atoms with van der Waals surface area (Å²) >= 11 is 0. The van der Waals surface area contributed by atoms with E-state index in [9.17, 15) is 0 Å². The molecule has 26 heavy (non-hydrogen) atoms. The molecule has 2 aliphatic rings. The molecule has 1 radical (unpaired) electrons. The standard InChI is InChI=1S/2C10H15.C3H5.2ClH.Zr/c2*1-7-6-10(4,5)9(3)8(7)2;1-3-2;;;/h2*1-5H3;3H,1-2H2;2*1H;/q3*-1;;;+3. The first-order valence-corrected chi connectivity index (χ1v) is 8.32. The van der Waals surface area contributed by atoms with E-state index in [2.05, 4.69) is 94.9 Å². The van der Waals surface area contributed by atoms with Crippen LogP contribution in [0.1, 0.15) is 69.2 Å². The molecule has 0 amide bonds. The van der Waals surface area contributed by atoms with Gasteiger partial charge in [0.25, 0.3) is 0 Å². The van der Waals surface area contributed by atoms with Crippen LogP contribution in [0.3, 0.4) is 0 Å². The van der Waals surface area contributed by atoms with E-state index in [-0.39, 0.29) is 61.8 Å². The molecule has 0 unspecified atom stereocenters. The zero-order chi connectivity index (χ0) is 18.6. The van der Waals surface area contributed by atoms with Crippen LogP contribution in [0.4, 0.5) is 0 Å². The summed E-state index contributed by atoms with van der Waals surface area (Å²) < 4.78 is 0. The molecule has 0 fully saturated rings. The molecule has 0 aliphatic heterocycles. The van der Waals surface area contributed by atoms with Gasteiger partial charge in [-0.15, -0.1) is 38.7 Å². The second-order valence-electron chi connectivity index (χ2n) is 7.54. The summed E-state index contributed by atoms with van der Waals surface area (Å²) in [6, 6.07) is 0. The van der Waals surface area contributed by atoms with Gasteiger partial charge >= 0.3 is 26.2 Å². The van der Waals surface area contributed by atoms with Gasteiger partial charge in [0.2, 0.25) is 0 Å². The summed E-state index contributed by atoms with van der Waals surface area (Å²) in [6.07, 6.45) is 8.37. The second-order valence-corrected chi connectivity index (χ2v) is 7.54. The van der Waals surface area contributed by atoms with Gasteiger partial charge in [-0.05, 0) is 0 Å². The fourth-order valence-corrected chi connectivity index (χ4v) is 2.81. The van der Waals surface area contributed by atoms with E-state index in [1.165, 1.54) is 39.5 Å². The fourth-order valence-electron chi connectivity index (χ4n) is 2.81. The predicted molar refractivity (Wildman–Crippen MR) is 119 cm³/mol. The van der Waals surface area contributed by atoms with Crippen LogP contribution in [0, 0.1) is 29.9 Å². The summed E-state index contributed by atoms with van der Waals surface area (Å²) in [7, 11) is 0. The molecule has 2 aliphatic carbocycles. The molecule has 2 rings (SSSR count). The van der Waals surface area contributed by atoms with Crippen molar-refractivity contribution in [3.8, 4) is 0 Å². The Morgan fingerprint density at radius 2 is 0.923 bits per heavy atom. The third-order valence-electron chi connectivity index (χ3n) is 5.12. The van der Waals surface area contributed by atoms with Crippen LogP contribution in [-0.4, -0.2) is 0 Å². The van der Waals surface area contributed by atoms with Crippen molar-refractivity contribution in [3.63, 3.8) is 0 Å². The Morgan fingerprint density at radius 3 is 0.962 bits per heavy atom. The van der Waals surface area contributed by atoms with Gasteiger partial charge in [0.1, 0.15) is 0 Å². The largest absolute Gasteiger partial charge is 3.00 e. The number of hydrogen-bond acceptors (Lipinski definition) is 0. The summed E-state index contributed by atoms with van der Waals surface area (Å²) in [4.78, 5) is 0. The number of allylic oxidation sites excluding steroid dienone is 9. The van der Waals surface area contributed by atoms with Crippen LogP contribution < -0.4 is 0 Å². The van der Waals surface area contributed by atoms with E-state index in [1.807, 2.05) is 0 Å². The van der Waals surface area contributed by atoms with Crippen LogP contribution >= 0.6 is 24.8 Å². The maximum Gasteiger partial charge on any atom is 3.00 e. The van der Waals surface area contributed by atoms with E-state index in [4.69, 9.17) is 0 Å². The van der Waals surface area contributed by atoms with E-state index >= 15 is 0 Å². The molecule has 0 atom stereocenters. The van der Waals surface area contributed by atoms with Gasteiger partial charge in [0.05, 0.1) is 0 Å². The van der Waals surface area contributed by atoms with E-state index in [0.717, 1.165) is 0 Å². The fraction of sp³-hybridized carbons (Fsp3) is 0.522. The Labute approximate surface area is 195 Å². The molecular formula is C23H37Cl2Zr. The maximum atomic E-state index is 3.44. The quantitative estimate of drug-likeness (QED) is 0.311. The Kier molecular flexibility index (Phi) is 17.1. The van der Waals surface area contributed by atoms with Gasteiger partial charge < -0.3 is 0 Å². The van der Waals surface area contributed by atoms with Crippen LogP contribution in [0.15, 0.2) is 46.1 Å². The van der Waals surface area contributed by atoms with Crippen molar-refractivity contribution in [1.82, 2.24) is 0 Å². The number of hydrogen-bond donors (Lipinski definition) is 0. The number of halogens is 2. The molecule has 0 spiro atoms. The average Bonchev–Trinajstić information content (AvgIpc) is 2.71. The Balaban J connectivity index is -0.000000147. The number of rotatable bonds is 0. The molecule has 0 aromatic rings. The molecule has 0 saturated carbocycles. The van der Waals surface area contributed by atoms with E-state index < -0.39 is 0 Å². The van der Waals surface area contributed by atoms with Crippen LogP contribution in [0.25, 0.3) is 0 Å². The minimum Gasteiger partial charge on any atom is -0.263 e.